The van der Waals surface area contributed by atoms with E-state index in [9.17, 15) is 24.4 Å². The van der Waals surface area contributed by atoms with Gasteiger partial charge in [-0.3, -0.25) is 24.2 Å². The maximum atomic E-state index is 12.2. The molecule has 0 bridgehead atoms. The van der Waals surface area contributed by atoms with Gasteiger partial charge in [0.1, 0.15) is 24.2 Å². The van der Waals surface area contributed by atoms with Crippen molar-refractivity contribution in [2.75, 3.05) is 20.3 Å². The highest BCUT2D eigenvalue weighted by atomic mass is 31.2. The van der Waals surface area contributed by atoms with E-state index >= 15 is 0 Å². The molecule has 0 saturated carbocycles. The lowest BCUT2D eigenvalue weighted by atomic mass is 10.0. The largest absolute Gasteiger partial charge is 0.705 e. The van der Waals surface area contributed by atoms with Crippen LogP contribution in [0.3, 0.4) is 0 Å². The molecule has 0 spiro atoms. The summed E-state index contributed by atoms with van der Waals surface area (Å²) >= 11 is 0. The number of benzene rings is 1. The summed E-state index contributed by atoms with van der Waals surface area (Å²) in [5, 5.41) is 28.1. The fourth-order valence-corrected chi connectivity index (χ4v) is 5.49. The van der Waals surface area contributed by atoms with E-state index < -0.39 is 45.7 Å². The van der Waals surface area contributed by atoms with E-state index in [0.717, 1.165) is 7.11 Å². The van der Waals surface area contributed by atoms with E-state index in [1.165, 1.54) is 12.4 Å². The molecule has 0 aliphatic carbocycles. The van der Waals surface area contributed by atoms with Gasteiger partial charge in [0.25, 0.3) is 5.69 Å². The lowest BCUT2D eigenvalue weighted by Crippen LogP contribution is -2.45. The number of aliphatic hydroxyl groups excluding tert-OH is 1. The second-order valence-corrected chi connectivity index (χ2v) is 12.0. The molecule has 2 heterocycles. The highest BCUT2D eigenvalue weighted by Crippen LogP contribution is 2.55. The maximum Gasteiger partial charge on any atom is 0.705 e. The third kappa shape index (κ3) is 9.40. The van der Waals surface area contributed by atoms with Gasteiger partial charge in [-0.05, 0) is 37.0 Å². The van der Waals surface area contributed by atoms with Gasteiger partial charge in [-0.2, -0.15) is 4.99 Å². The summed E-state index contributed by atoms with van der Waals surface area (Å²) in [6, 6.07) is 4.50. The van der Waals surface area contributed by atoms with Crippen LogP contribution in [0.2, 0.25) is 0 Å². The fourth-order valence-electron chi connectivity index (χ4n) is 3.97. The lowest BCUT2D eigenvalue weighted by molar-refractivity contribution is -0.386. The normalized spacial score (nSPS) is 22.0. The minimum absolute atomic E-state index is 0.0429. The van der Waals surface area contributed by atoms with Gasteiger partial charge in [0.05, 0.1) is 29.8 Å². The van der Waals surface area contributed by atoms with Crippen molar-refractivity contribution in [2.24, 2.45) is 20.7 Å². The number of rotatable bonds is 13. The molecule has 1 aromatic rings. The van der Waals surface area contributed by atoms with Crippen molar-refractivity contribution in [1.82, 2.24) is 10.6 Å². The molecule has 0 amide bonds. The van der Waals surface area contributed by atoms with Crippen LogP contribution in [-0.4, -0.2) is 66.2 Å². The summed E-state index contributed by atoms with van der Waals surface area (Å²) in [7, 11) is -6.72. The monoisotopic (exact) mass is 668 g/mol. The zero-order valence-corrected chi connectivity index (χ0v) is 26.4. The average Bonchev–Trinajstić information content (AvgIpc) is 3.34. The minimum Gasteiger partial charge on any atom is -0.508 e. The molecule has 45 heavy (non-hydrogen) atoms. The quantitative estimate of drug-likeness (QED) is 0.0506. The Kier molecular flexibility index (Phi) is 11.9. The standard InChI is InChI=1S/C25H31N7O11P2/c1-15-23(29-14-28-22-12-20(33)21(42-22)13-40-45(38,39-5)43-44(36)37)24(31-25(3,27-4)30-15)41-16(2)18-9-8-17(7-6-10-26)11-19(18)32(34)35/h8-9,11,14,16,22H,4,10,12-13,26H2,1-3,5H3,(H3-,28,29,30,31,33,36,37)/p+1. The highest BCUT2D eigenvalue weighted by Gasteiger charge is 2.39. The Hall–Kier alpha value is -4.20. The SMILES string of the molecule is C=NC1(C)N=C(OC(C)c2ccc(C#CCN)cc2[N+](=O)[O-])C(NC=NC2CC(O)=C(COP(=O)(OC)O[P+](=O)O)O2)=C(C)N1. The zero-order chi connectivity index (χ0) is 33.4. The number of aliphatic hydroxyl groups is 1. The van der Waals surface area contributed by atoms with E-state index in [1.807, 2.05) is 0 Å². The van der Waals surface area contributed by atoms with Gasteiger partial charge < -0.3 is 30.9 Å². The first-order valence-electron chi connectivity index (χ1n) is 13.0. The van der Waals surface area contributed by atoms with E-state index in [4.69, 9.17) is 24.6 Å². The number of nitrogens with two attached hydrogens (primary N) is 1. The number of allylic oxidation sites excluding steroid dienone is 1. The first-order valence-corrected chi connectivity index (χ1v) is 15.5. The first kappa shape index (κ1) is 35.3. The highest BCUT2D eigenvalue weighted by molar-refractivity contribution is 7.56. The predicted molar refractivity (Wildman–Crippen MR) is 162 cm³/mol. The van der Waals surface area contributed by atoms with Crippen molar-refractivity contribution in [3.8, 4) is 11.8 Å². The van der Waals surface area contributed by atoms with Crippen LogP contribution in [0.5, 0.6) is 0 Å². The van der Waals surface area contributed by atoms with Crippen LogP contribution in [0.25, 0.3) is 0 Å². The third-order valence-corrected chi connectivity index (χ3v) is 8.34. The number of nitro groups is 1. The van der Waals surface area contributed by atoms with Gasteiger partial charge in [0.15, 0.2) is 12.0 Å². The smallest absolute Gasteiger partial charge is 0.508 e. The van der Waals surface area contributed by atoms with E-state index in [-0.39, 0.29) is 41.6 Å². The molecule has 1 aromatic carbocycles. The minimum atomic E-state index is -4.38. The summed E-state index contributed by atoms with van der Waals surface area (Å²) in [4.78, 5) is 32.9. The van der Waals surface area contributed by atoms with Crippen LogP contribution >= 0.6 is 16.1 Å². The van der Waals surface area contributed by atoms with Crippen molar-refractivity contribution in [2.45, 2.75) is 45.3 Å². The van der Waals surface area contributed by atoms with Crippen molar-refractivity contribution in [3.63, 3.8) is 0 Å². The molecule has 0 radical (unpaired) electrons. The number of aliphatic imine (C=N–C) groups is 3. The van der Waals surface area contributed by atoms with Crippen molar-refractivity contribution < 1.29 is 46.9 Å². The summed E-state index contributed by atoms with van der Waals surface area (Å²) in [5.41, 5.74) is 6.73. The Morgan fingerprint density at radius 2 is 2.24 bits per heavy atom. The number of hydrogen-bond donors (Lipinski definition) is 5. The van der Waals surface area contributed by atoms with Crippen molar-refractivity contribution >= 4 is 40.7 Å². The summed E-state index contributed by atoms with van der Waals surface area (Å²) in [5.74, 6) is 3.86. The molecule has 2 aliphatic heterocycles. The molecule has 0 aromatic heterocycles. The van der Waals surface area contributed by atoms with Crippen LogP contribution < -0.4 is 16.4 Å². The molecule has 0 saturated heterocycles. The Bertz CT molecular complexity index is 1580. The molecular formula is C25H32N7O11P2+. The Labute approximate surface area is 258 Å². The van der Waals surface area contributed by atoms with E-state index in [2.05, 4.69) is 53.0 Å². The molecule has 3 rings (SSSR count). The first-order chi connectivity index (χ1) is 21.2. The Morgan fingerprint density at radius 1 is 1.51 bits per heavy atom. The second kappa shape index (κ2) is 15.2. The van der Waals surface area contributed by atoms with Gasteiger partial charge in [0.2, 0.25) is 11.7 Å². The predicted octanol–water partition coefficient (Wildman–Crippen LogP) is 3.16. The number of nitro benzene ring substituents is 1. The van der Waals surface area contributed by atoms with Gasteiger partial charge in [-0.1, -0.05) is 11.8 Å². The number of nitrogens with zero attached hydrogens (tertiary/aromatic N) is 4. The van der Waals surface area contributed by atoms with E-state index in [0.29, 0.717) is 17.0 Å². The zero-order valence-electron chi connectivity index (χ0n) is 24.6. The topological polar surface area (TPSA) is 251 Å². The number of phosphoric ester groups is 1. The number of ether oxygens (including phenoxy) is 2. The van der Waals surface area contributed by atoms with Crippen LogP contribution in [-0.2, 0) is 32.0 Å². The van der Waals surface area contributed by atoms with Crippen molar-refractivity contribution in [3.05, 3.63) is 62.4 Å². The molecule has 0 fully saturated rings. The van der Waals surface area contributed by atoms with Gasteiger partial charge in [-0.25, -0.2) is 9.56 Å². The van der Waals surface area contributed by atoms with Crippen molar-refractivity contribution in [1.29, 1.82) is 0 Å². The number of nitrogens with one attached hydrogen (secondary N) is 2. The van der Waals surface area contributed by atoms with Crippen LogP contribution in [0.4, 0.5) is 5.69 Å². The fraction of sp³-hybridized carbons (Fsp3) is 0.400. The second-order valence-electron chi connectivity index (χ2n) is 9.31. The molecule has 18 nitrogen and oxygen atoms in total. The molecule has 242 valence electrons. The van der Waals surface area contributed by atoms with E-state index in [1.54, 1.807) is 32.9 Å². The molecule has 20 heteroatoms. The number of phosphoric acid groups is 1. The summed E-state index contributed by atoms with van der Waals surface area (Å²) in [6.45, 7) is 8.04. The third-order valence-electron chi connectivity index (χ3n) is 6.09. The lowest BCUT2D eigenvalue weighted by Gasteiger charge is -2.32. The maximum absolute atomic E-state index is 12.2. The molecule has 6 N–H and O–H groups in total. The van der Waals surface area contributed by atoms with Gasteiger partial charge in [0, 0.05) is 35.9 Å². The molecule has 5 atom stereocenters. The van der Waals surface area contributed by atoms with Gasteiger partial charge in [-0.15, -0.1) is 4.89 Å². The van der Waals surface area contributed by atoms with Gasteiger partial charge >= 0.3 is 16.1 Å². The summed E-state index contributed by atoms with van der Waals surface area (Å²) in [6.07, 6.45) is -0.619. The molecular weight excluding hydrogens is 636 g/mol. The van der Waals surface area contributed by atoms with Crippen LogP contribution in [0, 0.1) is 22.0 Å². The Morgan fingerprint density at radius 3 is 2.87 bits per heavy atom. The average molecular weight is 669 g/mol. The number of hydrogen-bond acceptors (Lipinski definition) is 15. The molecule has 2 aliphatic rings. The molecule has 5 unspecified atom stereocenters. The summed E-state index contributed by atoms with van der Waals surface area (Å²) < 4.78 is 48.4. The Balaban J connectivity index is 1.75. The van der Waals surface area contributed by atoms with Crippen LogP contribution in [0.1, 0.15) is 44.4 Å². The van der Waals surface area contributed by atoms with Crippen LogP contribution in [0.15, 0.2) is 56.1 Å².